The Morgan fingerprint density at radius 2 is 2.32 bits per heavy atom. The number of rotatable bonds is 10. The van der Waals surface area contributed by atoms with Crippen LogP contribution in [0.5, 0.6) is 0 Å². The van der Waals surface area contributed by atoms with Crippen molar-refractivity contribution in [2.45, 2.75) is 32.8 Å². The number of carbonyl (C=O) groups is 1. The number of hydrogen-bond donors (Lipinski definition) is 1. The maximum Gasteiger partial charge on any atom is 0.207 e. The third kappa shape index (κ3) is 8.18. The number of morpholine rings is 1. The van der Waals surface area contributed by atoms with Crippen LogP contribution < -0.4 is 5.32 Å². The summed E-state index contributed by atoms with van der Waals surface area (Å²) in [5.74, 6) is 0.758. The van der Waals surface area contributed by atoms with Crippen LogP contribution in [0.4, 0.5) is 0 Å². The highest BCUT2D eigenvalue weighted by Crippen LogP contribution is 2.05. The van der Waals surface area contributed by atoms with Gasteiger partial charge in [-0.2, -0.15) is 0 Å². The second-order valence-corrected chi connectivity index (χ2v) is 5.47. The van der Waals surface area contributed by atoms with Crippen molar-refractivity contribution in [1.29, 1.82) is 0 Å². The molecule has 1 aliphatic rings. The van der Waals surface area contributed by atoms with Crippen LogP contribution in [-0.2, 0) is 14.3 Å². The predicted molar refractivity (Wildman–Crippen MR) is 75.1 cm³/mol. The van der Waals surface area contributed by atoms with E-state index in [0.717, 1.165) is 58.2 Å². The number of carbonyl (C=O) groups excluding carboxylic acids is 1. The largest absolute Gasteiger partial charge is 0.380 e. The third-order valence-corrected chi connectivity index (χ3v) is 3.27. The van der Waals surface area contributed by atoms with Crippen LogP contribution in [-0.4, -0.2) is 63.4 Å². The summed E-state index contributed by atoms with van der Waals surface area (Å²) in [6.07, 6.45) is 3.21. The minimum atomic E-state index is 0.111. The molecule has 1 rings (SSSR count). The summed E-state index contributed by atoms with van der Waals surface area (Å²) in [4.78, 5) is 12.6. The summed E-state index contributed by atoms with van der Waals surface area (Å²) in [6.45, 7) is 10.2. The summed E-state index contributed by atoms with van der Waals surface area (Å²) in [5.41, 5.74) is 0. The summed E-state index contributed by atoms with van der Waals surface area (Å²) in [7, 11) is 0. The first-order valence-electron chi connectivity index (χ1n) is 7.31. The Morgan fingerprint density at radius 3 is 3.05 bits per heavy atom. The van der Waals surface area contributed by atoms with Crippen LogP contribution in [0, 0.1) is 5.92 Å². The highest BCUT2D eigenvalue weighted by molar-refractivity contribution is 5.45. The lowest BCUT2D eigenvalue weighted by atomic mass is 10.1. The van der Waals surface area contributed by atoms with Crippen molar-refractivity contribution in [1.82, 2.24) is 10.2 Å². The molecule has 1 atom stereocenters. The standard InChI is InChI=1S/C14H28N2O3/c1-13(2)4-3-7-18-8-5-16-6-9-19-14(11-16)10-15-12-17/h12-14H,3-11H2,1-2H3,(H,15,17). The van der Waals surface area contributed by atoms with Gasteiger partial charge in [-0.15, -0.1) is 0 Å². The lowest BCUT2D eigenvalue weighted by Crippen LogP contribution is -2.47. The van der Waals surface area contributed by atoms with Gasteiger partial charge in [0.1, 0.15) is 0 Å². The van der Waals surface area contributed by atoms with Crippen molar-refractivity contribution < 1.29 is 14.3 Å². The van der Waals surface area contributed by atoms with Crippen LogP contribution in [0.2, 0.25) is 0 Å². The van der Waals surface area contributed by atoms with Crippen molar-refractivity contribution >= 4 is 6.41 Å². The Labute approximate surface area is 116 Å². The molecule has 1 fully saturated rings. The highest BCUT2D eigenvalue weighted by atomic mass is 16.5. The van der Waals surface area contributed by atoms with Crippen molar-refractivity contribution in [3.05, 3.63) is 0 Å². The van der Waals surface area contributed by atoms with Crippen molar-refractivity contribution in [2.75, 3.05) is 46.0 Å². The maximum atomic E-state index is 10.2. The molecule has 0 radical (unpaired) electrons. The fraction of sp³-hybridized carbons (Fsp3) is 0.929. The first-order chi connectivity index (χ1) is 9.22. The fourth-order valence-electron chi connectivity index (χ4n) is 2.18. The molecule has 0 saturated carbocycles. The molecule has 0 aromatic carbocycles. The van der Waals surface area contributed by atoms with E-state index in [1.54, 1.807) is 0 Å². The normalized spacial score (nSPS) is 20.7. The predicted octanol–water partition coefficient (Wildman–Crippen LogP) is 0.886. The maximum absolute atomic E-state index is 10.2. The highest BCUT2D eigenvalue weighted by Gasteiger charge is 2.19. The van der Waals surface area contributed by atoms with Crippen molar-refractivity contribution in [2.24, 2.45) is 5.92 Å². The number of ether oxygens (including phenoxy) is 2. The molecule has 0 spiro atoms. The minimum Gasteiger partial charge on any atom is -0.380 e. The number of nitrogens with zero attached hydrogens (tertiary/aromatic N) is 1. The second-order valence-electron chi connectivity index (χ2n) is 5.47. The lowest BCUT2D eigenvalue weighted by Gasteiger charge is -2.32. The zero-order chi connectivity index (χ0) is 13.9. The van der Waals surface area contributed by atoms with E-state index in [1.165, 1.54) is 6.42 Å². The first kappa shape index (κ1) is 16.4. The number of hydrogen-bond acceptors (Lipinski definition) is 4. The van der Waals surface area contributed by atoms with Gasteiger partial charge in [-0.1, -0.05) is 13.8 Å². The molecular weight excluding hydrogens is 244 g/mol. The monoisotopic (exact) mass is 272 g/mol. The van der Waals surface area contributed by atoms with E-state index in [9.17, 15) is 4.79 Å². The third-order valence-electron chi connectivity index (χ3n) is 3.27. The molecule has 1 heterocycles. The Balaban J connectivity index is 2.00. The fourth-order valence-corrected chi connectivity index (χ4v) is 2.18. The Bertz CT molecular complexity index is 237. The molecule has 19 heavy (non-hydrogen) atoms. The van der Waals surface area contributed by atoms with Crippen molar-refractivity contribution in [3.63, 3.8) is 0 Å². The van der Waals surface area contributed by atoms with Crippen LogP contribution in [0.1, 0.15) is 26.7 Å². The number of amides is 1. The van der Waals surface area contributed by atoms with Gasteiger partial charge in [0, 0.05) is 32.8 Å². The van der Waals surface area contributed by atoms with Crippen molar-refractivity contribution in [3.8, 4) is 0 Å². The van der Waals surface area contributed by atoms with E-state index < -0.39 is 0 Å². The average Bonchev–Trinajstić information content (AvgIpc) is 2.40. The van der Waals surface area contributed by atoms with Gasteiger partial charge in [0.15, 0.2) is 0 Å². The second kappa shape index (κ2) is 10.2. The van der Waals surface area contributed by atoms with Gasteiger partial charge < -0.3 is 14.8 Å². The lowest BCUT2D eigenvalue weighted by molar-refractivity contribution is -0.110. The van der Waals surface area contributed by atoms with E-state index in [-0.39, 0.29) is 6.10 Å². The molecule has 0 aromatic heterocycles. The Hall–Kier alpha value is -0.650. The van der Waals surface area contributed by atoms with Gasteiger partial charge in [-0.05, 0) is 18.8 Å². The molecule has 0 bridgehead atoms. The molecule has 1 unspecified atom stereocenters. The molecule has 1 saturated heterocycles. The van der Waals surface area contributed by atoms with Gasteiger partial charge in [0.05, 0.1) is 19.3 Å². The zero-order valence-corrected chi connectivity index (χ0v) is 12.3. The summed E-state index contributed by atoms with van der Waals surface area (Å²) in [5, 5.41) is 2.67. The van der Waals surface area contributed by atoms with Crippen LogP contribution in [0.25, 0.3) is 0 Å². The van der Waals surface area contributed by atoms with Gasteiger partial charge >= 0.3 is 0 Å². The Kier molecular flexibility index (Phi) is 8.79. The first-order valence-corrected chi connectivity index (χ1v) is 7.31. The van der Waals surface area contributed by atoms with Gasteiger partial charge in [-0.3, -0.25) is 9.69 Å². The van der Waals surface area contributed by atoms with Gasteiger partial charge in [-0.25, -0.2) is 0 Å². The van der Waals surface area contributed by atoms with E-state index in [4.69, 9.17) is 9.47 Å². The van der Waals surface area contributed by atoms with Crippen LogP contribution in [0.3, 0.4) is 0 Å². The average molecular weight is 272 g/mol. The molecule has 1 N–H and O–H groups in total. The van der Waals surface area contributed by atoms with E-state index in [1.807, 2.05) is 0 Å². The molecule has 5 heteroatoms. The molecule has 5 nitrogen and oxygen atoms in total. The molecule has 0 aliphatic carbocycles. The summed E-state index contributed by atoms with van der Waals surface area (Å²) >= 11 is 0. The topological polar surface area (TPSA) is 50.8 Å². The quantitative estimate of drug-likeness (QED) is 0.474. The van der Waals surface area contributed by atoms with E-state index >= 15 is 0 Å². The molecule has 1 amide bonds. The molecule has 1 aliphatic heterocycles. The smallest absolute Gasteiger partial charge is 0.207 e. The van der Waals surface area contributed by atoms with Gasteiger partial charge in [0.25, 0.3) is 0 Å². The minimum absolute atomic E-state index is 0.111. The molecular formula is C14H28N2O3. The van der Waals surface area contributed by atoms with E-state index in [0.29, 0.717) is 6.54 Å². The van der Waals surface area contributed by atoms with Crippen LogP contribution in [0.15, 0.2) is 0 Å². The summed E-state index contributed by atoms with van der Waals surface area (Å²) in [6, 6.07) is 0. The van der Waals surface area contributed by atoms with Crippen LogP contribution >= 0.6 is 0 Å². The SMILES string of the molecule is CC(C)CCCOCCN1CCOC(CNC=O)C1. The molecule has 112 valence electrons. The zero-order valence-electron chi connectivity index (χ0n) is 12.3. The van der Waals surface area contributed by atoms with E-state index in [2.05, 4.69) is 24.1 Å². The molecule has 0 aromatic rings. The summed E-state index contributed by atoms with van der Waals surface area (Å²) < 4.78 is 11.2. The Morgan fingerprint density at radius 1 is 1.47 bits per heavy atom. The van der Waals surface area contributed by atoms with Gasteiger partial charge in [0.2, 0.25) is 6.41 Å². The number of nitrogens with one attached hydrogen (secondary N) is 1.